The molecule has 88 valence electrons. The van der Waals surface area contributed by atoms with Gasteiger partial charge in [-0.2, -0.15) is 0 Å². The number of aliphatic hydroxyl groups excluding tert-OH is 1. The van der Waals surface area contributed by atoms with E-state index < -0.39 is 0 Å². The fraction of sp³-hybridized carbons (Fsp3) is 0.600. The van der Waals surface area contributed by atoms with E-state index >= 15 is 0 Å². The molecule has 6 nitrogen and oxygen atoms in total. The molecule has 0 saturated heterocycles. The number of aliphatic hydroxyl groups is 1. The Morgan fingerprint density at radius 2 is 2.12 bits per heavy atom. The van der Waals surface area contributed by atoms with Crippen LogP contribution in [0.1, 0.15) is 18.4 Å². The molecule has 0 radical (unpaired) electrons. The lowest BCUT2D eigenvalue weighted by molar-refractivity contribution is 0.219. The fourth-order valence-electron chi connectivity index (χ4n) is 1.61. The number of hydrazine groups is 1. The van der Waals surface area contributed by atoms with Crippen molar-refractivity contribution < 1.29 is 5.11 Å². The van der Waals surface area contributed by atoms with Crippen LogP contribution in [0.2, 0.25) is 0 Å². The van der Waals surface area contributed by atoms with Crippen molar-refractivity contribution in [2.24, 2.45) is 11.3 Å². The van der Waals surface area contributed by atoms with Gasteiger partial charge in [0, 0.05) is 17.5 Å². The van der Waals surface area contributed by atoms with Crippen LogP contribution in [0.15, 0.2) is 6.33 Å². The predicted octanol–water partition coefficient (Wildman–Crippen LogP) is 0.255. The second-order valence-electron chi connectivity index (χ2n) is 4.35. The molecular weight excluding hydrogens is 206 g/mol. The van der Waals surface area contributed by atoms with Gasteiger partial charge in [0.05, 0.1) is 6.61 Å². The van der Waals surface area contributed by atoms with Crippen molar-refractivity contribution in [1.82, 2.24) is 9.97 Å². The van der Waals surface area contributed by atoms with E-state index in [-0.39, 0.29) is 12.0 Å². The molecule has 0 aliphatic heterocycles. The van der Waals surface area contributed by atoms with Gasteiger partial charge in [0.2, 0.25) is 0 Å². The van der Waals surface area contributed by atoms with Crippen molar-refractivity contribution in [1.29, 1.82) is 0 Å². The first kappa shape index (κ1) is 11.1. The minimum absolute atomic E-state index is 0.0632. The van der Waals surface area contributed by atoms with Crippen LogP contribution in [0.25, 0.3) is 0 Å². The van der Waals surface area contributed by atoms with E-state index in [2.05, 4.69) is 20.7 Å². The molecule has 1 aliphatic carbocycles. The number of nitrogens with one attached hydrogen (secondary N) is 2. The molecule has 0 aromatic carbocycles. The van der Waals surface area contributed by atoms with Gasteiger partial charge < -0.3 is 15.8 Å². The van der Waals surface area contributed by atoms with E-state index in [1.165, 1.54) is 6.33 Å². The summed E-state index contributed by atoms with van der Waals surface area (Å²) in [6.07, 6.45) is 3.61. The van der Waals surface area contributed by atoms with E-state index in [1.54, 1.807) is 0 Å². The molecule has 0 atom stereocenters. The Morgan fingerprint density at radius 3 is 2.69 bits per heavy atom. The Morgan fingerprint density at radius 1 is 1.44 bits per heavy atom. The first-order valence-corrected chi connectivity index (χ1v) is 5.34. The van der Waals surface area contributed by atoms with E-state index in [0.29, 0.717) is 5.82 Å². The molecule has 16 heavy (non-hydrogen) atoms. The second-order valence-corrected chi connectivity index (χ2v) is 4.35. The van der Waals surface area contributed by atoms with Gasteiger partial charge in [-0.25, -0.2) is 15.8 Å². The second kappa shape index (κ2) is 4.23. The zero-order chi connectivity index (χ0) is 11.6. The molecule has 6 heteroatoms. The Kier molecular flexibility index (Phi) is 2.93. The van der Waals surface area contributed by atoms with Crippen LogP contribution in [0.4, 0.5) is 11.6 Å². The molecule has 1 heterocycles. The van der Waals surface area contributed by atoms with Crippen LogP contribution < -0.4 is 16.6 Å². The summed E-state index contributed by atoms with van der Waals surface area (Å²) < 4.78 is 0. The van der Waals surface area contributed by atoms with Crippen LogP contribution in [-0.2, 0) is 0 Å². The number of nitrogens with two attached hydrogens (primary N) is 1. The first-order chi connectivity index (χ1) is 7.71. The zero-order valence-corrected chi connectivity index (χ0v) is 9.32. The average molecular weight is 223 g/mol. The van der Waals surface area contributed by atoms with E-state index in [1.807, 2.05) is 6.92 Å². The summed E-state index contributed by atoms with van der Waals surface area (Å²) in [4.78, 5) is 8.15. The van der Waals surface area contributed by atoms with Gasteiger partial charge in [-0.1, -0.05) is 0 Å². The maximum Gasteiger partial charge on any atom is 0.148 e. The quantitative estimate of drug-likeness (QED) is 0.422. The Hall–Kier alpha value is -1.40. The monoisotopic (exact) mass is 223 g/mol. The smallest absolute Gasteiger partial charge is 0.148 e. The summed E-state index contributed by atoms with van der Waals surface area (Å²) in [5, 5.41) is 12.4. The summed E-state index contributed by atoms with van der Waals surface area (Å²) >= 11 is 0. The Bertz CT molecular complexity index is 377. The molecule has 1 fully saturated rings. The molecule has 0 amide bonds. The minimum Gasteiger partial charge on any atom is -0.396 e. The van der Waals surface area contributed by atoms with Crippen LogP contribution in [0.3, 0.4) is 0 Å². The first-order valence-electron chi connectivity index (χ1n) is 5.34. The lowest BCUT2D eigenvalue weighted by Crippen LogP contribution is -2.20. The topological polar surface area (TPSA) is 96.1 Å². The molecule has 2 rings (SSSR count). The predicted molar refractivity (Wildman–Crippen MR) is 61.8 cm³/mol. The zero-order valence-electron chi connectivity index (χ0n) is 9.32. The summed E-state index contributed by atoms with van der Waals surface area (Å²) in [5.74, 6) is 6.72. The number of anilines is 2. The highest BCUT2D eigenvalue weighted by Crippen LogP contribution is 2.44. The minimum atomic E-state index is 0.0632. The van der Waals surface area contributed by atoms with Gasteiger partial charge in [0.25, 0.3) is 0 Å². The van der Waals surface area contributed by atoms with Gasteiger partial charge in [-0.05, 0) is 19.8 Å². The van der Waals surface area contributed by atoms with Crippen LogP contribution >= 0.6 is 0 Å². The summed E-state index contributed by atoms with van der Waals surface area (Å²) in [7, 11) is 0. The van der Waals surface area contributed by atoms with Crippen molar-refractivity contribution in [3.8, 4) is 0 Å². The molecule has 1 saturated carbocycles. The van der Waals surface area contributed by atoms with Gasteiger partial charge in [0.1, 0.15) is 18.0 Å². The highest BCUT2D eigenvalue weighted by molar-refractivity contribution is 5.55. The number of nitrogen functional groups attached to an aromatic ring is 1. The SMILES string of the molecule is Cc1c(NN)ncnc1NCC1(CO)CC1. The molecule has 1 aromatic rings. The third kappa shape index (κ3) is 2.07. The highest BCUT2D eigenvalue weighted by atomic mass is 16.3. The molecule has 1 aromatic heterocycles. The lowest BCUT2D eigenvalue weighted by atomic mass is 10.1. The van der Waals surface area contributed by atoms with Crippen molar-refractivity contribution in [2.45, 2.75) is 19.8 Å². The molecule has 5 N–H and O–H groups in total. The van der Waals surface area contributed by atoms with E-state index in [9.17, 15) is 5.11 Å². The third-order valence-corrected chi connectivity index (χ3v) is 3.14. The molecule has 1 aliphatic rings. The van der Waals surface area contributed by atoms with Crippen LogP contribution in [0, 0.1) is 12.3 Å². The van der Waals surface area contributed by atoms with Gasteiger partial charge >= 0.3 is 0 Å². The maximum atomic E-state index is 9.20. The number of hydrogen-bond donors (Lipinski definition) is 4. The fourth-order valence-corrected chi connectivity index (χ4v) is 1.61. The van der Waals surface area contributed by atoms with Crippen molar-refractivity contribution in [2.75, 3.05) is 23.9 Å². The summed E-state index contributed by atoms with van der Waals surface area (Å²) in [6.45, 7) is 2.87. The van der Waals surface area contributed by atoms with Gasteiger partial charge in [-0.3, -0.25) is 0 Å². The van der Waals surface area contributed by atoms with Crippen molar-refractivity contribution in [3.05, 3.63) is 11.9 Å². The van der Waals surface area contributed by atoms with Gasteiger partial charge in [-0.15, -0.1) is 0 Å². The molecule has 0 unspecified atom stereocenters. The normalized spacial score (nSPS) is 16.9. The molecular formula is C10H17N5O. The van der Waals surface area contributed by atoms with Crippen molar-refractivity contribution >= 4 is 11.6 Å². The maximum absolute atomic E-state index is 9.20. The lowest BCUT2D eigenvalue weighted by Gasteiger charge is -2.15. The molecule has 0 bridgehead atoms. The highest BCUT2D eigenvalue weighted by Gasteiger charge is 2.41. The summed E-state index contributed by atoms with van der Waals surface area (Å²) in [6, 6.07) is 0. The van der Waals surface area contributed by atoms with Crippen LogP contribution in [-0.4, -0.2) is 28.2 Å². The average Bonchev–Trinajstić information content (AvgIpc) is 3.08. The largest absolute Gasteiger partial charge is 0.396 e. The standard InChI is InChI=1S/C10H17N5O/c1-7-8(13-6-14-9(7)15-11)12-4-10(5-16)2-3-10/h6,16H,2-5,11H2,1H3,(H2,12,13,14,15). The Balaban J connectivity index is 2.04. The van der Waals surface area contributed by atoms with Gasteiger partial charge in [0.15, 0.2) is 0 Å². The number of aromatic nitrogens is 2. The summed E-state index contributed by atoms with van der Waals surface area (Å²) in [5.41, 5.74) is 3.47. The van der Waals surface area contributed by atoms with Crippen LogP contribution in [0.5, 0.6) is 0 Å². The number of hydrogen-bond acceptors (Lipinski definition) is 6. The number of nitrogens with zero attached hydrogens (tertiary/aromatic N) is 2. The Labute approximate surface area is 94.3 Å². The third-order valence-electron chi connectivity index (χ3n) is 3.14. The van der Waals surface area contributed by atoms with Crippen molar-refractivity contribution in [3.63, 3.8) is 0 Å². The number of rotatable bonds is 5. The van der Waals surface area contributed by atoms with E-state index in [4.69, 9.17) is 5.84 Å². The van der Waals surface area contributed by atoms with E-state index in [0.717, 1.165) is 30.8 Å². The molecule has 0 spiro atoms.